The summed E-state index contributed by atoms with van der Waals surface area (Å²) in [6.45, 7) is 1.21. The minimum atomic E-state index is -4.11. The van der Waals surface area contributed by atoms with Gasteiger partial charge in [-0.15, -0.1) is 0 Å². The standard InChI is InChI=1S/C16H21F3N4O2/c17-16(18,19)12-3-1-10(2-4-12)8-20-15(25)23-6-5-13-11(9-23)7-14(24)22-21-13/h7,10,12H,1-6,8-9H2,(H,20,25)(H,22,24). The van der Waals surface area contributed by atoms with Gasteiger partial charge in [-0.05, 0) is 31.6 Å². The number of fused-ring (bicyclic) bond motifs is 1. The second-order valence-corrected chi connectivity index (χ2v) is 6.82. The van der Waals surface area contributed by atoms with Crippen molar-refractivity contribution in [2.24, 2.45) is 11.8 Å². The Kier molecular flexibility index (Phi) is 5.01. The smallest absolute Gasteiger partial charge is 0.338 e. The molecule has 1 aromatic heterocycles. The number of amides is 2. The summed E-state index contributed by atoms with van der Waals surface area (Å²) in [5.74, 6) is -1.12. The lowest BCUT2D eigenvalue weighted by Crippen LogP contribution is -2.45. The molecule has 2 amide bonds. The van der Waals surface area contributed by atoms with Crippen molar-refractivity contribution in [2.45, 2.75) is 44.8 Å². The molecule has 9 heteroatoms. The van der Waals surface area contributed by atoms with E-state index in [0.717, 1.165) is 11.3 Å². The van der Waals surface area contributed by atoms with Crippen LogP contribution in [-0.2, 0) is 13.0 Å². The van der Waals surface area contributed by atoms with Crippen LogP contribution in [0.25, 0.3) is 0 Å². The number of aromatic amines is 1. The number of hydrogen-bond donors (Lipinski definition) is 2. The Morgan fingerprint density at radius 2 is 2.04 bits per heavy atom. The summed E-state index contributed by atoms with van der Waals surface area (Å²) in [6.07, 6.45) is -2.32. The summed E-state index contributed by atoms with van der Waals surface area (Å²) in [5.41, 5.74) is 1.22. The molecule has 2 aliphatic rings. The number of carbonyl (C=O) groups is 1. The van der Waals surface area contributed by atoms with Gasteiger partial charge in [0, 0.05) is 37.7 Å². The quantitative estimate of drug-likeness (QED) is 0.851. The molecule has 0 unspecified atom stereocenters. The first-order valence-electron chi connectivity index (χ1n) is 8.50. The number of nitrogens with one attached hydrogen (secondary N) is 2. The van der Waals surface area contributed by atoms with E-state index in [2.05, 4.69) is 15.5 Å². The molecule has 0 aromatic carbocycles. The summed E-state index contributed by atoms with van der Waals surface area (Å²) in [7, 11) is 0. The van der Waals surface area contributed by atoms with E-state index >= 15 is 0 Å². The van der Waals surface area contributed by atoms with Gasteiger partial charge in [0.1, 0.15) is 0 Å². The van der Waals surface area contributed by atoms with E-state index in [1.807, 2.05) is 0 Å². The second-order valence-electron chi connectivity index (χ2n) is 6.82. The fourth-order valence-electron chi connectivity index (χ4n) is 3.56. The number of hydrogen-bond acceptors (Lipinski definition) is 3. The van der Waals surface area contributed by atoms with Crippen molar-refractivity contribution in [1.29, 1.82) is 0 Å². The predicted molar refractivity (Wildman–Crippen MR) is 83.9 cm³/mol. The minimum absolute atomic E-state index is 0.0872. The Balaban J connectivity index is 1.47. The Hall–Kier alpha value is -2.06. The van der Waals surface area contributed by atoms with Crippen LogP contribution in [0.1, 0.15) is 36.9 Å². The first-order chi connectivity index (χ1) is 11.8. The molecule has 1 saturated carbocycles. The monoisotopic (exact) mass is 358 g/mol. The van der Waals surface area contributed by atoms with E-state index in [0.29, 0.717) is 38.9 Å². The van der Waals surface area contributed by atoms with Crippen LogP contribution in [-0.4, -0.2) is 40.4 Å². The maximum absolute atomic E-state index is 12.7. The molecule has 0 atom stereocenters. The Morgan fingerprint density at radius 1 is 1.32 bits per heavy atom. The van der Waals surface area contributed by atoms with Gasteiger partial charge in [0.05, 0.1) is 11.6 Å². The maximum atomic E-state index is 12.7. The zero-order chi connectivity index (χ0) is 18.0. The van der Waals surface area contributed by atoms with Crippen LogP contribution in [0.4, 0.5) is 18.0 Å². The number of halogens is 3. The summed E-state index contributed by atoms with van der Waals surface area (Å²) < 4.78 is 38.0. The van der Waals surface area contributed by atoms with Crippen LogP contribution in [0.5, 0.6) is 0 Å². The molecule has 1 aliphatic heterocycles. The number of urea groups is 1. The number of alkyl halides is 3. The van der Waals surface area contributed by atoms with E-state index in [4.69, 9.17) is 0 Å². The summed E-state index contributed by atoms with van der Waals surface area (Å²) in [5, 5.41) is 9.17. The molecule has 1 aliphatic carbocycles. The number of rotatable bonds is 2. The van der Waals surface area contributed by atoms with Crippen molar-refractivity contribution in [3.05, 3.63) is 27.7 Å². The van der Waals surface area contributed by atoms with E-state index in [1.54, 1.807) is 4.90 Å². The molecule has 0 saturated heterocycles. The summed E-state index contributed by atoms with van der Waals surface area (Å²) >= 11 is 0. The third kappa shape index (κ3) is 4.32. The molecule has 2 N–H and O–H groups in total. The second kappa shape index (κ2) is 7.05. The van der Waals surface area contributed by atoms with Crippen molar-refractivity contribution >= 4 is 6.03 Å². The minimum Gasteiger partial charge on any atom is -0.338 e. The fourth-order valence-corrected chi connectivity index (χ4v) is 3.56. The van der Waals surface area contributed by atoms with Crippen molar-refractivity contribution < 1.29 is 18.0 Å². The molecule has 138 valence electrons. The van der Waals surface area contributed by atoms with E-state index in [-0.39, 0.29) is 30.3 Å². The highest BCUT2D eigenvalue weighted by Crippen LogP contribution is 2.39. The molecule has 25 heavy (non-hydrogen) atoms. The average Bonchev–Trinajstić information content (AvgIpc) is 2.58. The SMILES string of the molecule is O=C(NCC1CCC(C(F)(F)F)CC1)N1CCc2n[nH]c(=O)cc2C1. The third-order valence-electron chi connectivity index (χ3n) is 5.10. The van der Waals surface area contributed by atoms with E-state index in [9.17, 15) is 22.8 Å². The zero-order valence-corrected chi connectivity index (χ0v) is 13.7. The van der Waals surface area contributed by atoms with Gasteiger partial charge in [0.25, 0.3) is 5.56 Å². The van der Waals surface area contributed by atoms with Gasteiger partial charge < -0.3 is 10.2 Å². The largest absolute Gasteiger partial charge is 0.391 e. The lowest BCUT2D eigenvalue weighted by Gasteiger charge is -2.31. The first kappa shape index (κ1) is 17.8. The van der Waals surface area contributed by atoms with Gasteiger partial charge >= 0.3 is 12.2 Å². The lowest BCUT2D eigenvalue weighted by molar-refractivity contribution is -0.183. The number of nitrogens with zero attached hydrogens (tertiary/aromatic N) is 2. The molecular weight excluding hydrogens is 337 g/mol. The van der Waals surface area contributed by atoms with Gasteiger partial charge in [0.15, 0.2) is 0 Å². The zero-order valence-electron chi connectivity index (χ0n) is 13.7. The Labute approximate surface area is 142 Å². The summed E-state index contributed by atoms with van der Waals surface area (Å²) in [4.78, 5) is 25.2. The van der Waals surface area contributed by atoms with Crippen LogP contribution < -0.4 is 10.9 Å². The molecule has 2 heterocycles. The van der Waals surface area contributed by atoms with Gasteiger partial charge in [-0.1, -0.05) is 0 Å². The van der Waals surface area contributed by atoms with Gasteiger partial charge in [-0.25, -0.2) is 9.89 Å². The van der Waals surface area contributed by atoms with Crippen LogP contribution in [0.3, 0.4) is 0 Å². The lowest BCUT2D eigenvalue weighted by atomic mass is 9.81. The van der Waals surface area contributed by atoms with Gasteiger partial charge in [-0.3, -0.25) is 4.79 Å². The van der Waals surface area contributed by atoms with E-state index in [1.165, 1.54) is 6.07 Å². The van der Waals surface area contributed by atoms with Crippen LogP contribution in [0, 0.1) is 11.8 Å². The summed E-state index contributed by atoms with van der Waals surface area (Å²) in [6, 6.07) is 1.20. The van der Waals surface area contributed by atoms with Crippen LogP contribution in [0.2, 0.25) is 0 Å². The molecule has 0 bridgehead atoms. The maximum Gasteiger partial charge on any atom is 0.391 e. The number of aromatic nitrogens is 2. The van der Waals surface area contributed by atoms with Crippen molar-refractivity contribution in [1.82, 2.24) is 20.4 Å². The molecule has 1 fully saturated rings. The average molecular weight is 358 g/mol. The molecule has 0 radical (unpaired) electrons. The van der Waals surface area contributed by atoms with Gasteiger partial charge in [-0.2, -0.15) is 18.3 Å². The number of H-pyrrole nitrogens is 1. The topological polar surface area (TPSA) is 78.1 Å². The van der Waals surface area contributed by atoms with Gasteiger partial charge in [0.2, 0.25) is 0 Å². The van der Waals surface area contributed by atoms with Crippen molar-refractivity contribution in [3.8, 4) is 0 Å². The molecular formula is C16H21F3N4O2. The van der Waals surface area contributed by atoms with Crippen LogP contribution in [0.15, 0.2) is 10.9 Å². The highest BCUT2D eigenvalue weighted by Gasteiger charge is 2.41. The van der Waals surface area contributed by atoms with Crippen molar-refractivity contribution in [2.75, 3.05) is 13.1 Å². The highest BCUT2D eigenvalue weighted by molar-refractivity contribution is 5.74. The molecule has 1 aromatic rings. The normalized spacial score (nSPS) is 23.9. The third-order valence-corrected chi connectivity index (χ3v) is 5.10. The van der Waals surface area contributed by atoms with Crippen molar-refractivity contribution in [3.63, 3.8) is 0 Å². The fraction of sp³-hybridized carbons (Fsp3) is 0.688. The predicted octanol–water partition coefficient (Wildman–Crippen LogP) is 2.21. The number of carbonyl (C=O) groups excluding carboxylic acids is 1. The molecule has 3 rings (SSSR count). The Bertz CT molecular complexity index is 681. The highest BCUT2D eigenvalue weighted by atomic mass is 19.4. The van der Waals surface area contributed by atoms with E-state index < -0.39 is 12.1 Å². The van der Waals surface area contributed by atoms with Crippen LogP contribution >= 0.6 is 0 Å². The molecule has 0 spiro atoms. The molecule has 6 nitrogen and oxygen atoms in total. The first-order valence-corrected chi connectivity index (χ1v) is 8.50. The Morgan fingerprint density at radius 3 is 2.72 bits per heavy atom.